The van der Waals surface area contributed by atoms with Crippen LogP contribution in [0.15, 0.2) is 88.2 Å². The number of sulfonamides is 1. The van der Waals surface area contributed by atoms with Gasteiger partial charge in [0, 0.05) is 28.7 Å². The number of carbonyl (C=O) groups excluding carboxylic acids is 2. The second-order valence-corrected chi connectivity index (χ2v) is 12.9. The van der Waals surface area contributed by atoms with Crippen LogP contribution in [-0.4, -0.2) is 48.2 Å². The summed E-state index contributed by atoms with van der Waals surface area (Å²) in [6.45, 7) is 6.34. The number of rotatable bonds is 10. The highest BCUT2D eigenvalue weighted by Crippen LogP contribution is 2.27. The van der Waals surface area contributed by atoms with Crippen LogP contribution in [-0.2, 0) is 26.2 Å². The van der Waals surface area contributed by atoms with Crippen molar-refractivity contribution in [3.8, 4) is 0 Å². The molecule has 0 saturated heterocycles. The van der Waals surface area contributed by atoms with E-state index in [1.807, 2.05) is 26.8 Å². The molecule has 0 aromatic heterocycles. The number of anilines is 1. The number of nitrogens with one attached hydrogen (secondary N) is 1. The van der Waals surface area contributed by atoms with E-state index in [4.69, 9.17) is 0 Å². The Kier molecular flexibility index (Phi) is 9.69. The minimum atomic E-state index is -4.32. The lowest BCUT2D eigenvalue weighted by Crippen LogP contribution is -2.54. The van der Waals surface area contributed by atoms with Gasteiger partial charge in [0.15, 0.2) is 0 Å². The zero-order chi connectivity index (χ0) is 29.7. The maximum absolute atomic E-state index is 13.9. The van der Waals surface area contributed by atoms with E-state index in [1.165, 1.54) is 35.2 Å². The molecule has 1 atom stereocenters. The van der Waals surface area contributed by atoms with Crippen LogP contribution in [0.1, 0.15) is 33.3 Å². The molecule has 0 heterocycles. The second kappa shape index (κ2) is 12.6. The fraction of sp³-hybridized carbons (Fsp3) is 0.286. The largest absolute Gasteiger partial charge is 0.350 e. The fourth-order valence-electron chi connectivity index (χ4n) is 3.90. The van der Waals surface area contributed by atoms with Gasteiger partial charge in [-0.05, 0) is 63.6 Å². The number of benzene rings is 3. The number of amides is 2. The van der Waals surface area contributed by atoms with Gasteiger partial charge in [-0.3, -0.25) is 24.0 Å². The molecule has 12 heteroatoms. The van der Waals surface area contributed by atoms with Crippen molar-refractivity contribution < 1.29 is 22.9 Å². The Hall–Kier alpha value is -3.77. The average molecular weight is 632 g/mol. The van der Waals surface area contributed by atoms with Crippen LogP contribution in [0.5, 0.6) is 0 Å². The summed E-state index contributed by atoms with van der Waals surface area (Å²) < 4.78 is 29.1. The number of nitro benzene ring substituents is 1. The SMILES string of the molecule is CC(C(=O)NC(C)(C)C)N(Cc1cccc(Br)c1)C(=O)CN(c1cccc([N+](=O)[O-])c1)S(=O)(=O)c1ccccc1. The van der Waals surface area contributed by atoms with E-state index in [2.05, 4.69) is 21.2 Å². The van der Waals surface area contributed by atoms with E-state index in [1.54, 1.807) is 43.3 Å². The third-order valence-corrected chi connectivity index (χ3v) is 8.13. The molecule has 0 spiro atoms. The fourth-order valence-corrected chi connectivity index (χ4v) is 5.77. The first-order valence-corrected chi connectivity index (χ1v) is 14.6. The Morgan fingerprint density at radius 3 is 2.25 bits per heavy atom. The molecule has 0 radical (unpaired) electrons. The molecule has 0 aliphatic carbocycles. The van der Waals surface area contributed by atoms with Crippen molar-refractivity contribution in [1.82, 2.24) is 10.2 Å². The molecular weight excluding hydrogens is 600 g/mol. The predicted octanol–water partition coefficient (Wildman–Crippen LogP) is 4.88. The van der Waals surface area contributed by atoms with E-state index in [0.29, 0.717) is 5.56 Å². The number of hydrogen-bond acceptors (Lipinski definition) is 6. The molecule has 0 saturated carbocycles. The average Bonchev–Trinajstić information content (AvgIpc) is 2.89. The molecule has 2 amide bonds. The van der Waals surface area contributed by atoms with Crippen molar-refractivity contribution >= 4 is 49.1 Å². The summed E-state index contributed by atoms with van der Waals surface area (Å²) >= 11 is 3.41. The van der Waals surface area contributed by atoms with Crippen LogP contribution >= 0.6 is 15.9 Å². The van der Waals surface area contributed by atoms with Gasteiger partial charge in [-0.15, -0.1) is 0 Å². The predicted molar refractivity (Wildman–Crippen MR) is 156 cm³/mol. The number of hydrogen-bond donors (Lipinski definition) is 1. The second-order valence-electron chi connectivity index (χ2n) is 10.2. The topological polar surface area (TPSA) is 130 Å². The summed E-state index contributed by atoms with van der Waals surface area (Å²) in [6, 6.07) is 18.8. The van der Waals surface area contributed by atoms with Crippen molar-refractivity contribution in [3.63, 3.8) is 0 Å². The summed E-state index contributed by atoms with van der Waals surface area (Å²) in [4.78, 5) is 39.1. The maximum Gasteiger partial charge on any atom is 0.271 e. The standard InChI is InChI=1S/C28H31BrN4O6S/c1-20(27(35)30-28(2,3)4)31(18-21-10-8-11-22(29)16-21)26(34)19-32(23-12-9-13-24(17-23)33(36)37)40(38,39)25-14-6-5-7-15-25/h5-17,20H,18-19H2,1-4H3,(H,30,35). The third kappa shape index (κ3) is 7.89. The Morgan fingerprint density at radius 1 is 1.00 bits per heavy atom. The van der Waals surface area contributed by atoms with Gasteiger partial charge in [-0.2, -0.15) is 0 Å². The number of carbonyl (C=O) groups is 2. The molecule has 3 aromatic carbocycles. The molecule has 0 bridgehead atoms. The number of nitrogens with zero attached hydrogens (tertiary/aromatic N) is 3. The van der Waals surface area contributed by atoms with E-state index in [0.717, 1.165) is 14.8 Å². The first-order chi connectivity index (χ1) is 18.7. The van der Waals surface area contributed by atoms with E-state index in [9.17, 15) is 28.1 Å². The Balaban J connectivity index is 2.07. The lowest BCUT2D eigenvalue weighted by molar-refractivity contribution is -0.384. The Labute approximate surface area is 242 Å². The Bertz CT molecular complexity index is 1490. The first kappa shape index (κ1) is 30.8. The van der Waals surface area contributed by atoms with Gasteiger partial charge in [0.2, 0.25) is 11.8 Å². The van der Waals surface area contributed by atoms with Crippen LogP contribution in [0.25, 0.3) is 0 Å². The maximum atomic E-state index is 13.9. The minimum absolute atomic E-state index is 0.0190. The van der Waals surface area contributed by atoms with Crippen LogP contribution in [0.2, 0.25) is 0 Å². The summed E-state index contributed by atoms with van der Waals surface area (Å²) in [7, 11) is -4.32. The molecule has 10 nitrogen and oxygen atoms in total. The van der Waals surface area contributed by atoms with E-state index in [-0.39, 0.29) is 22.8 Å². The van der Waals surface area contributed by atoms with Gasteiger partial charge < -0.3 is 10.2 Å². The highest BCUT2D eigenvalue weighted by atomic mass is 79.9. The molecule has 0 aliphatic rings. The molecule has 1 unspecified atom stereocenters. The molecule has 40 heavy (non-hydrogen) atoms. The van der Waals surface area contributed by atoms with Gasteiger partial charge in [0.05, 0.1) is 15.5 Å². The zero-order valence-electron chi connectivity index (χ0n) is 22.6. The van der Waals surface area contributed by atoms with Crippen molar-refractivity contribution in [1.29, 1.82) is 0 Å². The normalized spacial score (nSPS) is 12.3. The number of non-ortho nitro benzene ring substituents is 1. The lowest BCUT2D eigenvalue weighted by Gasteiger charge is -2.33. The van der Waals surface area contributed by atoms with Crippen LogP contribution < -0.4 is 9.62 Å². The molecule has 1 N–H and O–H groups in total. The molecule has 3 rings (SSSR count). The first-order valence-electron chi connectivity index (χ1n) is 12.4. The van der Waals surface area contributed by atoms with Crippen LogP contribution in [0.4, 0.5) is 11.4 Å². The zero-order valence-corrected chi connectivity index (χ0v) is 25.0. The minimum Gasteiger partial charge on any atom is -0.350 e. The van der Waals surface area contributed by atoms with Crippen molar-refractivity contribution in [2.45, 2.75) is 50.7 Å². The van der Waals surface area contributed by atoms with E-state index >= 15 is 0 Å². The molecule has 0 fully saturated rings. The van der Waals surface area contributed by atoms with Crippen LogP contribution in [0.3, 0.4) is 0 Å². The van der Waals surface area contributed by atoms with Gasteiger partial charge in [0.1, 0.15) is 12.6 Å². The molecule has 3 aromatic rings. The van der Waals surface area contributed by atoms with Gasteiger partial charge in [0.25, 0.3) is 15.7 Å². The summed E-state index contributed by atoms with van der Waals surface area (Å²) in [5.74, 6) is -1.08. The van der Waals surface area contributed by atoms with Crippen molar-refractivity contribution in [3.05, 3.63) is 99.0 Å². The molecule has 0 aliphatic heterocycles. The number of nitro groups is 1. The highest BCUT2D eigenvalue weighted by molar-refractivity contribution is 9.10. The Morgan fingerprint density at radius 2 is 1.65 bits per heavy atom. The summed E-state index contributed by atoms with van der Waals surface area (Å²) in [5.41, 5.74) is -0.240. The third-order valence-electron chi connectivity index (χ3n) is 5.85. The highest BCUT2D eigenvalue weighted by Gasteiger charge is 2.33. The van der Waals surface area contributed by atoms with Crippen molar-refractivity contribution in [2.75, 3.05) is 10.8 Å². The monoisotopic (exact) mass is 630 g/mol. The van der Waals surface area contributed by atoms with Gasteiger partial charge in [-0.25, -0.2) is 8.42 Å². The molecular formula is C28H31BrN4O6S. The van der Waals surface area contributed by atoms with Crippen molar-refractivity contribution in [2.24, 2.45) is 0 Å². The summed E-state index contributed by atoms with van der Waals surface area (Å²) in [6.07, 6.45) is 0. The smallest absolute Gasteiger partial charge is 0.271 e. The number of halogens is 1. The molecule has 212 valence electrons. The van der Waals surface area contributed by atoms with Gasteiger partial charge in [-0.1, -0.05) is 52.3 Å². The van der Waals surface area contributed by atoms with E-state index < -0.39 is 44.9 Å². The van der Waals surface area contributed by atoms with Gasteiger partial charge >= 0.3 is 0 Å². The van der Waals surface area contributed by atoms with Crippen LogP contribution in [0, 0.1) is 10.1 Å². The lowest BCUT2D eigenvalue weighted by atomic mass is 10.1. The summed E-state index contributed by atoms with van der Waals surface area (Å²) in [5, 5.41) is 14.3. The quantitative estimate of drug-likeness (QED) is 0.251.